The Balaban J connectivity index is 1.66. The van der Waals surface area contributed by atoms with Crippen molar-refractivity contribution in [3.8, 4) is 0 Å². The molecule has 0 aliphatic carbocycles. The van der Waals surface area contributed by atoms with E-state index in [2.05, 4.69) is 20.7 Å². The number of rotatable bonds is 7. The van der Waals surface area contributed by atoms with Crippen LogP contribution in [0.1, 0.15) is 35.0 Å². The lowest BCUT2D eigenvalue weighted by molar-refractivity contribution is -0.121. The second-order valence-electron chi connectivity index (χ2n) is 5.92. The van der Waals surface area contributed by atoms with Crippen LogP contribution in [0.4, 0.5) is 0 Å². The molecule has 0 radical (unpaired) electrons. The Morgan fingerprint density at radius 2 is 1.92 bits per heavy atom. The molecule has 130 valence electrons. The molecule has 0 aliphatic heterocycles. The van der Waals surface area contributed by atoms with Crippen LogP contribution in [0.15, 0.2) is 47.2 Å². The number of amides is 1. The van der Waals surface area contributed by atoms with Crippen LogP contribution in [0.25, 0.3) is 0 Å². The van der Waals surface area contributed by atoms with Gasteiger partial charge in [0.2, 0.25) is 5.91 Å². The van der Waals surface area contributed by atoms with Gasteiger partial charge in [-0.15, -0.1) is 0 Å². The minimum Gasteiger partial charge on any atom is -0.361 e. The molecular weight excluding hydrogens is 318 g/mol. The molecule has 2 heterocycles. The second-order valence-corrected chi connectivity index (χ2v) is 5.92. The van der Waals surface area contributed by atoms with E-state index in [4.69, 9.17) is 4.52 Å². The summed E-state index contributed by atoms with van der Waals surface area (Å²) < 4.78 is 5.15. The van der Waals surface area contributed by atoms with Crippen molar-refractivity contribution in [2.45, 2.75) is 39.3 Å². The van der Waals surface area contributed by atoms with E-state index in [1.54, 1.807) is 17.2 Å². The number of nitrogens with zero attached hydrogens (tertiary/aromatic N) is 4. The summed E-state index contributed by atoms with van der Waals surface area (Å²) in [7, 11) is 0. The smallest absolute Gasteiger partial charge is 0.220 e. The molecule has 1 aromatic carbocycles. The largest absolute Gasteiger partial charge is 0.361 e. The summed E-state index contributed by atoms with van der Waals surface area (Å²) in [5, 5.41) is 15.3. The highest BCUT2D eigenvalue weighted by Gasteiger charge is 2.17. The number of carbonyl (C=O) groups is 1. The van der Waals surface area contributed by atoms with Crippen LogP contribution in [-0.4, -0.2) is 26.1 Å². The highest BCUT2D eigenvalue weighted by atomic mass is 16.5. The molecule has 1 amide bonds. The first kappa shape index (κ1) is 16.9. The highest BCUT2D eigenvalue weighted by Crippen LogP contribution is 2.17. The molecule has 1 N–H and O–H groups in total. The zero-order valence-electron chi connectivity index (χ0n) is 14.3. The van der Waals surface area contributed by atoms with E-state index >= 15 is 0 Å². The van der Waals surface area contributed by atoms with E-state index in [0.717, 1.165) is 22.6 Å². The van der Waals surface area contributed by atoms with Gasteiger partial charge in [-0.05, 0) is 25.8 Å². The number of hydrogen-bond donors (Lipinski definition) is 1. The van der Waals surface area contributed by atoms with E-state index in [9.17, 15) is 4.79 Å². The van der Waals surface area contributed by atoms with E-state index in [1.807, 2.05) is 44.2 Å². The van der Waals surface area contributed by atoms with Crippen LogP contribution in [0.2, 0.25) is 0 Å². The monoisotopic (exact) mass is 339 g/mol. The molecule has 7 heteroatoms. The van der Waals surface area contributed by atoms with Gasteiger partial charge in [0.1, 0.15) is 5.76 Å². The van der Waals surface area contributed by atoms with Crippen molar-refractivity contribution in [3.63, 3.8) is 0 Å². The van der Waals surface area contributed by atoms with Crippen molar-refractivity contribution in [2.24, 2.45) is 0 Å². The van der Waals surface area contributed by atoms with Crippen molar-refractivity contribution < 1.29 is 9.32 Å². The molecule has 7 nitrogen and oxygen atoms in total. The number of hydrogen-bond acceptors (Lipinski definition) is 5. The number of aryl methyl sites for hydroxylation is 2. The van der Waals surface area contributed by atoms with Crippen LogP contribution in [0.3, 0.4) is 0 Å². The Morgan fingerprint density at radius 3 is 2.56 bits per heavy atom. The molecule has 0 unspecified atom stereocenters. The van der Waals surface area contributed by atoms with Gasteiger partial charge in [0.25, 0.3) is 0 Å². The summed E-state index contributed by atoms with van der Waals surface area (Å²) in [6.07, 6.45) is 4.23. The average molecular weight is 339 g/mol. The zero-order valence-corrected chi connectivity index (χ0v) is 14.3. The predicted molar refractivity (Wildman–Crippen MR) is 91.6 cm³/mol. The molecule has 0 saturated carbocycles. The topological polar surface area (TPSA) is 85.8 Å². The number of benzene rings is 1. The van der Waals surface area contributed by atoms with E-state index < -0.39 is 0 Å². The van der Waals surface area contributed by atoms with Gasteiger partial charge in [-0.1, -0.05) is 35.5 Å². The molecule has 1 atom stereocenters. The van der Waals surface area contributed by atoms with Crippen molar-refractivity contribution >= 4 is 5.91 Å². The first-order valence-corrected chi connectivity index (χ1v) is 8.23. The van der Waals surface area contributed by atoms with Gasteiger partial charge < -0.3 is 9.84 Å². The van der Waals surface area contributed by atoms with Gasteiger partial charge in [-0.2, -0.15) is 15.0 Å². The minimum absolute atomic E-state index is 0.0268. The molecule has 25 heavy (non-hydrogen) atoms. The first-order chi connectivity index (χ1) is 12.1. The van der Waals surface area contributed by atoms with Gasteiger partial charge in [-0.25, -0.2) is 0 Å². The summed E-state index contributed by atoms with van der Waals surface area (Å²) in [5.41, 5.74) is 2.86. The lowest BCUT2D eigenvalue weighted by Gasteiger charge is -2.18. The Hall–Kier alpha value is -2.96. The van der Waals surface area contributed by atoms with Gasteiger partial charge in [0.05, 0.1) is 30.7 Å². The fraction of sp³-hybridized carbons (Fsp3) is 0.333. The maximum Gasteiger partial charge on any atom is 0.220 e. The van der Waals surface area contributed by atoms with Gasteiger partial charge in [0, 0.05) is 12.0 Å². The van der Waals surface area contributed by atoms with Crippen molar-refractivity contribution in [1.29, 1.82) is 0 Å². The summed E-state index contributed by atoms with van der Waals surface area (Å²) in [6, 6.07) is 9.65. The van der Waals surface area contributed by atoms with Crippen LogP contribution >= 0.6 is 0 Å². The van der Waals surface area contributed by atoms with Crippen molar-refractivity contribution in [3.05, 3.63) is 65.3 Å². The third-order valence-corrected chi connectivity index (χ3v) is 4.13. The molecule has 2 aromatic heterocycles. The molecule has 0 fully saturated rings. The lowest BCUT2D eigenvalue weighted by Crippen LogP contribution is -2.32. The predicted octanol–water partition coefficient (Wildman–Crippen LogP) is 2.37. The van der Waals surface area contributed by atoms with E-state index in [0.29, 0.717) is 19.4 Å². The molecular formula is C18H21N5O2. The van der Waals surface area contributed by atoms with Crippen molar-refractivity contribution in [2.75, 3.05) is 0 Å². The third kappa shape index (κ3) is 4.32. The molecule has 0 bridgehead atoms. The quantitative estimate of drug-likeness (QED) is 0.714. The average Bonchev–Trinajstić information content (AvgIpc) is 3.24. The van der Waals surface area contributed by atoms with Crippen molar-refractivity contribution in [1.82, 2.24) is 25.5 Å². The molecule has 0 spiro atoms. The van der Waals surface area contributed by atoms with Gasteiger partial charge in [-0.3, -0.25) is 4.79 Å². The highest BCUT2D eigenvalue weighted by molar-refractivity contribution is 5.76. The Morgan fingerprint density at radius 1 is 1.20 bits per heavy atom. The standard InChI is InChI=1S/C18H21N5O2/c1-13-16(14(2)25-22-13)8-9-18(24)21-17(12-23-19-10-11-20-23)15-6-4-3-5-7-15/h3-7,10-11,17H,8-9,12H2,1-2H3,(H,21,24)/t17-/m0/s1. The minimum atomic E-state index is -0.189. The lowest BCUT2D eigenvalue weighted by atomic mass is 10.1. The fourth-order valence-corrected chi connectivity index (χ4v) is 2.78. The summed E-state index contributed by atoms with van der Waals surface area (Å²) in [5.74, 6) is 0.742. The second kappa shape index (κ2) is 7.74. The normalized spacial score (nSPS) is 12.1. The summed E-state index contributed by atoms with van der Waals surface area (Å²) in [4.78, 5) is 14.0. The van der Waals surface area contributed by atoms with E-state index in [-0.39, 0.29) is 11.9 Å². The van der Waals surface area contributed by atoms with Gasteiger partial charge >= 0.3 is 0 Å². The molecule has 0 saturated heterocycles. The van der Waals surface area contributed by atoms with Crippen LogP contribution < -0.4 is 5.32 Å². The zero-order chi connectivity index (χ0) is 17.6. The van der Waals surface area contributed by atoms with Crippen LogP contribution in [0.5, 0.6) is 0 Å². The molecule has 0 aliphatic rings. The Labute approximate surface area is 146 Å². The SMILES string of the molecule is Cc1noc(C)c1CCC(=O)N[C@@H](Cn1nccn1)c1ccccc1. The van der Waals surface area contributed by atoms with Crippen LogP contribution in [0, 0.1) is 13.8 Å². The maximum absolute atomic E-state index is 12.5. The molecule has 3 rings (SSSR count). The molecule has 3 aromatic rings. The Kier molecular flexibility index (Phi) is 5.23. The number of nitrogens with one attached hydrogen (secondary N) is 1. The first-order valence-electron chi connectivity index (χ1n) is 8.23. The number of carbonyl (C=O) groups excluding carboxylic acids is 1. The summed E-state index contributed by atoms with van der Waals surface area (Å²) >= 11 is 0. The number of aromatic nitrogens is 4. The third-order valence-electron chi connectivity index (χ3n) is 4.13. The van der Waals surface area contributed by atoms with E-state index in [1.165, 1.54) is 0 Å². The maximum atomic E-state index is 12.5. The Bertz CT molecular complexity index is 792. The fourth-order valence-electron chi connectivity index (χ4n) is 2.78. The van der Waals surface area contributed by atoms with Gasteiger partial charge in [0.15, 0.2) is 0 Å². The van der Waals surface area contributed by atoms with Crippen LogP contribution in [-0.2, 0) is 17.8 Å². The summed E-state index contributed by atoms with van der Waals surface area (Å²) in [6.45, 7) is 4.23.